The molecule has 0 saturated heterocycles. The second-order valence-corrected chi connectivity index (χ2v) is 16.3. The van der Waals surface area contributed by atoms with Crippen molar-refractivity contribution in [2.75, 3.05) is 46.0 Å². The van der Waals surface area contributed by atoms with E-state index in [-0.39, 0.29) is 48.8 Å². The zero-order valence-electron chi connectivity index (χ0n) is 31.6. The highest BCUT2D eigenvalue weighted by Gasteiger charge is 2.33. The third kappa shape index (κ3) is 13.4. The lowest BCUT2D eigenvalue weighted by molar-refractivity contribution is -0.158. The molecule has 2 bridgehead atoms. The first-order chi connectivity index (χ1) is 22.7. The number of fused-ring (bicyclic) bond motifs is 1. The summed E-state index contributed by atoms with van der Waals surface area (Å²) in [6, 6.07) is -1.14. The summed E-state index contributed by atoms with van der Waals surface area (Å²) in [4.78, 5) is 74.5. The van der Waals surface area contributed by atoms with Crippen LogP contribution in [0.2, 0.25) is 0 Å². The van der Waals surface area contributed by atoms with Gasteiger partial charge in [0, 0.05) is 37.9 Å². The average molecular weight is 708 g/mol. The zero-order valence-corrected chi connectivity index (χ0v) is 32.4. The molecule has 5 unspecified atom stereocenters. The average Bonchev–Trinajstić information content (AvgIpc) is 3.48. The predicted molar refractivity (Wildman–Crippen MR) is 194 cm³/mol. The Morgan fingerprint density at radius 1 is 1.06 bits per heavy atom. The van der Waals surface area contributed by atoms with Crippen LogP contribution in [0.25, 0.3) is 0 Å². The molecule has 4 amide bonds. The van der Waals surface area contributed by atoms with Crippen LogP contribution in [-0.2, 0) is 28.7 Å². The molecule has 0 saturated carbocycles. The van der Waals surface area contributed by atoms with Gasteiger partial charge in [0.25, 0.3) is 0 Å². The molecule has 0 aromatic heterocycles. The third-order valence-corrected chi connectivity index (χ3v) is 10.5. The maximum atomic E-state index is 13.4. The molecule has 0 radical (unpaired) electrons. The summed E-state index contributed by atoms with van der Waals surface area (Å²) in [6.07, 6.45) is 3.14. The molecule has 2 aliphatic rings. The molecule has 2 N–H and O–H groups in total. The predicted octanol–water partition coefficient (Wildman–Crippen LogP) is 3.52. The van der Waals surface area contributed by atoms with E-state index < -0.39 is 47.8 Å². The van der Waals surface area contributed by atoms with Crippen molar-refractivity contribution < 1.29 is 33.8 Å². The van der Waals surface area contributed by atoms with Gasteiger partial charge in [0.05, 0.1) is 30.3 Å². The largest absolute Gasteiger partial charge is 0.461 e. The molecule has 0 aromatic carbocycles. The summed E-state index contributed by atoms with van der Waals surface area (Å²) >= 11 is 1.56. The van der Waals surface area contributed by atoms with Gasteiger partial charge in [0.2, 0.25) is 23.6 Å². The smallest absolute Gasteiger partial charge is 0.325 e. The Labute approximate surface area is 297 Å². The minimum atomic E-state index is -0.898. The van der Waals surface area contributed by atoms with Crippen molar-refractivity contribution in [1.82, 2.24) is 20.0 Å². The SMILES string of the molecule is CCCN1CC(=O)OC(C(C)CC(C)(C)C)C[C@@H](C)CC(O)C(C)C2=NC(/C=C(\C)C(=O)NCC(=O)N(C)[C@@H](C)C(=O)N(C)CC1=O)CS2. The Bertz CT molecular complexity index is 1250. The first kappa shape index (κ1) is 42.2. The van der Waals surface area contributed by atoms with Gasteiger partial charge < -0.3 is 29.9 Å². The van der Waals surface area contributed by atoms with Crippen LogP contribution in [0.3, 0.4) is 0 Å². The number of cyclic esters (lactones) is 1. The van der Waals surface area contributed by atoms with Crippen molar-refractivity contribution in [3.8, 4) is 0 Å². The molecule has 2 aliphatic heterocycles. The molecule has 0 aliphatic carbocycles. The number of aliphatic hydroxyl groups excluding tert-OH is 1. The van der Waals surface area contributed by atoms with Crippen molar-refractivity contribution in [2.45, 2.75) is 112 Å². The number of likely N-dealkylation sites (N-methyl/N-ethyl adjacent to an activating group) is 2. The molecular formula is C36H61N5O7S. The molecular weight excluding hydrogens is 646 g/mol. The van der Waals surface area contributed by atoms with Crippen LogP contribution in [0.1, 0.15) is 88.0 Å². The van der Waals surface area contributed by atoms with E-state index in [1.807, 2.05) is 20.8 Å². The van der Waals surface area contributed by atoms with E-state index in [0.29, 0.717) is 37.1 Å². The number of amides is 4. The van der Waals surface area contributed by atoms with Crippen LogP contribution in [0.4, 0.5) is 0 Å². The first-order valence-electron chi connectivity index (χ1n) is 17.6. The molecule has 2 rings (SSSR count). The summed E-state index contributed by atoms with van der Waals surface area (Å²) in [6.45, 7) is 17.1. The molecule has 2 heterocycles. The van der Waals surface area contributed by atoms with Gasteiger partial charge in [-0.25, -0.2) is 0 Å². The van der Waals surface area contributed by atoms with Crippen LogP contribution in [0.15, 0.2) is 16.6 Å². The van der Waals surface area contributed by atoms with Crippen molar-refractivity contribution in [2.24, 2.45) is 28.2 Å². The number of carbonyl (C=O) groups is 5. The lowest BCUT2D eigenvalue weighted by atomic mass is 9.80. The van der Waals surface area contributed by atoms with Gasteiger partial charge in [0.1, 0.15) is 18.7 Å². The second-order valence-electron chi connectivity index (χ2n) is 15.3. The lowest BCUT2D eigenvalue weighted by Gasteiger charge is -2.33. The Kier molecular flexibility index (Phi) is 16.3. The molecule has 49 heavy (non-hydrogen) atoms. The molecule has 278 valence electrons. The minimum absolute atomic E-state index is 0.000160. The standard InChI is InChI=1S/C36H61N5O7S/c1-12-13-41-20-32(45)48-29(24(4)17-36(7,8)9)15-22(2)14-28(42)25(5)34-38-27(21-49-34)16-23(3)33(46)37-18-30(43)40(11)26(6)35(47)39(10)19-31(41)44/h16,22,24-29,42H,12-15,17-21H2,1-11H3,(H,37,46)/b23-16+/t22-,24?,25?,26-,27?,28?,29?/m0/s1. The number of nitrogens with zero attached hydrogens (tertiary/aromatic N) is 4. The monoisotopic (exact) mass is 707 g/mol. The molecule has 0 fully saturated rings. The van der Waals surface area contributed by atoms with Crippen LogP contribution in [-0.4, -0.2) is 125 Å². The van der Waals surface area contributed by atoms with Crippen molar-refractivity contribution in [3.63, 3.8) is 0 Å². The van der Waals surface area contributed by atoms with E-state index in [1.165, 1.54) is 28.8 Å². The van der Waals surface area contributed by atoms with Gasteiger partial charge in [-0.2, -0.15) is 0 Å². The van der Waals surface area contributed by atoms with E-state index in [2.05, 4.69) is 33.0 Å². The van der Waals surface area contributed by atoms with E-state index in [1.54, 1.807) is 31.7 Å². The van der Waals surface area contributed by atoms with Crippen molar-refractivity contribution in [1.29, 1.82) is 0 Å². The van der Waals surface area contributed by atoms with Crippen molar-refractivity contribution in [3.05, 3.63) is 11.6 Å². The van der Waals surface area contributed by atoms with Crippen LogP contribution < -0.4 is 5.32 Å². The van der Waals surface area contributed by atoms with Crippen LogP contribution in [0, 0.1) is 23.2 Å². The number of hydrogen-bond acceptors (Lipinski definition) is 9. The van der Waals surface area contributed by atoms with E-state index in [9.17, 15) is 29.1 Å². The van der Waals surface area contributed by atoms with Gasteiger partial charge in [-0.05, 0) is 56.8 Å². The fraction of sp³-hybridized carbons (Fsp3) is 0.778. The minimum Gasteiger partial charge on any atom is -0.461 e. The number of aliphatic imine (C=N–C) groups is 1. The van der Waals surface area contributed by atoms with E-state index in [4.69, 9.17) is 9.73 Å². The van der Waals surface area contributed by atoms with Gasteiger partial charge in [-0.15, -0.1) is 11.8 Å². The number of aliphatic hydroxyl groups is 1. The number of thioether (sulfide) groups is 1. The first-order valence-corrected chi connectivity index (χ1v) is 18.6. The number of ether oxygens (including phenoxy) is 1. The second kappa shape index (κ2) is 18.9. The molecule has 13 heteroatoms. The van der Waals surface area contributed by atoms with Gasteiger partial charge in [-0.1, -0.05) is 54.5 Å². The maximum absolute atomic E-state index is 13.4. The Morgan fingerprint density at radius 3 is 2.33 bits per heavy atom. The highest BCUT2D eigenvalue weighted by atomic mass is 32.2. The number of carbonyl (C=O) groups excluding carboxylic acids is 5. The topological polar surface area (TPSA) is 149 Å². The van der Waals surface area contributed by atoms with Crippen LogP contribution in [0.5, 0.6) is 0 Å². The van der Waals surface area contributed by atoms with Gasteiger partial charge in [0.15, 0.2) is 0 Å². The lowest BCUT2D eigenvalue weighted by Crippen LogP contribution is -2.51. The Morgan fingerprint density at radius 2 is 1.71 bits per heavy atom. The highest BCUT2D eigenvalue weighted by Crippen LogP contribution is 2.33. The summed E-state index contributed by atoms with van der Waals surface area (Å²) in [5, 5.41) is 14.7. The molecule has 7 atom stereocenters. The summed E-state index contributed by atoms with van der Waals surface area (Å²) in [7, 11) is 2.96. The van der Waals surface area contributed by atoms with E-state index in [0.717, 1.165) is 11.5 Å². The number of esters is 1. The summed E-state index contributed by atoms with van der Waals surface area (Å²) < 4.78 is 6.12. The number of hydrogen-bond donors (Lipinski definition) is 2. The summed E-state index contributed by atoms with van der Waals surface area (Å²) in [5.41, 5.74) is 0.419. The van der Waals surface area contributed by atoms with E-state index >= 15 is 0 Å². The molecule has 12 nitrogen and oxygen atoms in total. The normalized spacial score (nSPS) is 30.1. The number of nitrogens with one attached hydrogen (secondary N) is 1. The van der Waals surface area contributed by atoms with Gasteiger partial charge in [-0.3, -0.25) is 29.0 Å². The fourth-order valence-corrected chi connectivity index (χ4v) is 7.44. The Hall–Kier alpha value is -2.93. The third-order valence-electron chi connectivity index (χ3n) is 9.24. The fourth-order valence-electron chi connectivity index (χ4n) is 6.30. The quantitative estimate of drug-likeness (QED) is 0.422. The number of rotatable bonds is 4. The van der Waals surface area contributed by atoms with Crippen LogP contribution >= 0.6 is 11.8 Å². The maximum Gasteiger partial charge on any atom is 0.325 e. The molecule has 0 spiro atoms. The Balaban J connectivity index is 2.41. The van der Waals surface area contributed by atoms with Gasteiger partial charge >= 0.3 is 5.97 Å². The molecule has 0 aromatic rings. The zero-order chi connectivity index (χ0) is 37.2. The summed E-state index contributed by atoms with van der Waals surface area (Å²) in [5.74, 6) is -1.77. The van der Waals surface area contributed by atoms with Crippen molar-refractivity contribution >= 4 is 46.4 Å². The highest BCUT2D eigenvalue weighted by molar-refractivity contribution is 8.14.